The zero-order chi connectivity index (χ0) is 31.4. The highest BCUT2D eigenvalue weighted by molar-refractivity contribution is 5.92. The first-order valence-electron chi connectivity index (χ1n) is 16.2. The lowest BCUT2D eigenvalue weighted by Gasteiger charge is -2.54. The summed E-state index contributed by atoms with van der Waals surface area (Å²) in [4.78, 5) is 51.6. The molecule has 44 heavy (non-hydrogen) atoms. The molecular formula is C37H44O7. The molecule has 0 spiro atoms. The van der Waals surface area contributed by atoms with Gasteiger partial charge in [0.25, 0.3) is 0 Å². The van der Waals surface area contributed by atoms with Gasteiger partial charge in [0.2, 0.25) is 0 Å². The molecule has 2 fully saturated rings. The van der Waals surface area contributed by atoms with Gasteiger partial charge in [-0.2, -0.15) is 0 Å². The molecule has 0 aromatic heterocycles. The number of fused-ring (bicyclic) bond motifs is 6. The lowest BCUT2D eigenvalue weighted by atomic mass is 9.50. The molecule has 0 N–H and O–H groups in total. The molecule has 0 bridgehead atoms. The summed E-state index contributed by atoms with van der Waals surface area (Å²) in [6, 6.07) is 11.7. The molecule has 6 rings (SSSR count). The second-order valence-corrected chi connectivity index (χ2v) is 14.4. The minimum atomic E-state index is -0.805. The van der Waals surface area contributed by atoms with Crippen molar-refractivity contribution in [3.63, 3.8) is 0 Å². The highest BCUT2D eigenvalue weighted by atomic mass is 16.6. The maximum absolute atomic E-state index is 14.2. The maximum Gasteiger partial charge on any atom is 0.319 e. The van der Waals surface area contributed by atoms with E-state index < -0.39 is 22.8 Å². The first-order valence-corrected chi connectivity index (χ1v) is 16.2. The van der Waals surface area contributed by atoms with E-state index in [4.69, 9.17) is 14.2 Å². The predicted molar refractivity (Wildman–Crippen MR) is 164 cm³/mol. The molecule has 0 amide bonds. The van der Waals surface area contributed by atoms with E-state index >= 15 is 0 Å². The highest BCUT2D eigenvalue weighted by Gasteiger charge is 2.58. The summed E-state index contributed by atoms with van der Waals surface area (Å²) < 4.78 is 16.8. The zero-order valence-corrected chi connectivity index (χ0v) is 26.6. The molecule has 2 aromatic carbocycles. The van der Waals surface area contributed by atoms with Crippen LogP contribution in [0.15, 0.2) is 36.4 Å². The molecule has 2 saturated carbocycles. The number of aryl methyl sites for hydroxylation is 2. The Balaban J connectivity index is 1.24. The fourth-order valence-electron chi connectivity index (χ4n) is 9.58. The van der Waals surface area contributed by atoms with Gasteiger partial charge in [-0.3, -0.25) is 19.2 Å². The van der Waals surface area contributed by atoms with Gasteiger partial charge >= 0.3 is 23.9 Å². The largest absolute Gasteiger partial charge is 0.427 e. The van der Waals surface area contributed by atoms with Crippen molar-refractivity contribution < 1.29 is 33.4 Å². The Morgan fingerprint density at radius 2 is 1.32 bits per heavy atom. The average molecular weight is 601 g/mol. The van der Waals surface area contributed by atoms with E-state index in [9.17, 15) is 19.2 Å². The van der Waals surface area contributed by atoms with Crippen LogP contribution in [-0.4, -0.2) is 23.9 Å². The van der Waals surface area contributed by atoms with Crippen molar-refractivity contribution in [1.29, 1.82) is 0 Å². The Hall–Kier alpha value is -3.48. The van der Waals surface area contributed by atoms with Crippen LogP contribution >= 0.6 is 0 Å². The molecule has 4 aliphatic rings. The van der Waals surface area contributed by atoms with E-state index in [2.05, 4.69) is 6.92 Å². The second-order valence-electron chi connectivity index (χ2n) is 14.4. The topological polar surface area (TPSA) is 96.0 Å². The Morgan fingerprint density at radius 1 is 0.705 bits per heavy atom. The first kappa shape index (κ1) is 30.5. The standard InChI is InChI=1S/C37H44O7/c1-22(38)42-26-13-9-24-11-15-30-28(29(24)20-26)8-6-17-36(30,4)33(40)44-34(41)37(5)19-7-18-35(3)31-21-27(43-23(2)39)14-10-25(31)12-16-32(35)37/h9-10,13-14,20-21,28,30,32H,6-8,11-12,15-19H2,1-5H3/t28?,30-,32-,35-,36+,37+/m1/s1. The minimum absolute atomic E-state index is 0.00251. The molecule has 234 valence electrons. The van der Waals surface area contributed by atoms with E-state index in [0.29, 0.717) is 24.3 Å². The van der Waals surface area contributed by atoms with Crippen LogP contribution in [0.3, 0.4) is 0 Å². The zero-order valence-electron chi connectivity index (χ0n) is 26.6. The Morgan fingerprint density at radius 3 is 2.02 bits per heavy atom. The molecule has 0 aliphatic heterocycles. The number of benzene rings is 2. The number of ether oxygens (including phenoxy) is 3. The van der Waals surface area contributed by atoms with Crippen LogP contribution in [0.2, 0.25) is 0 Å². The van der Waals surface area contributed by atoms with Crippen LogP contribution in [0.1, 0.15) is 114 Å². The van der Waals surface area contributed by atoms with Gasteiger partial charge < -0.3 is 14.2 Å². The van der Waals surface area contributed by atoms with Gasteiger partial charge in [0.1, 0.15) is 11.5 Å². The van der Waals surface area contributed by atoms with E-state index in [1.165, 1.54) is 25.0 Å². The number of carbonyl (C=O) groups excluding carboxylic acids is 4. The fraction of sp³-hybridized carbons (Fsp3) is 0.568. The Kier molecular flexibility index (Phi) is 7.74. The summed E-state index contributed by atoms with van der Waals surface area (Å²) in [5.41, 5.74) is 2.86. The van der Waals surface area contributed by atoms with E-state index in [1.807, 2.05) is 50.2 Å². The average Bonchev–Trinajstić information content (AvgIpc) is 2.96. The van der Waals surface area contributed by atoms with Crippen molar-refractivity contribution in [2.45, 2.75) is 110 Å². The van der Waals surface area contributed by atoms with Gasteiger partial charge in [-0.05, 0) is 135 Å². The normalized spacial score (nSPS) is 32.2. The van der Waals surface area contributed by atoms with Gasteiger partial charge in [-0.15, -0.1) is 0 Å². The SMILES string of the molecule is CC(=O)Oc1ccc2c(c1)C1CCC[C@](C)(C(=O)OC(=O)[C@@]3(C)CCC[C@]4(C)c5cc(OC(C)=O)ccc5CC[C@@H]34)[C@@H]1CC2. The lowest BCUT2D eigenvalue weighted by Crippen LogP contribution is -2.54. The minimum Gasteiger partial charge on any atom is -0.427 e. The third kappa shape index (κ3) is 5.06. The molecule has 0 saturated heterocycles. The maximum atomic E-state index is 14.2. The smallest absolute Gasteiger partial charge is 0.319 e. The monoisotopic (exact) mass is 600 g/mol. The summed E-state index contributed by atoms with van der Waals surface area (Å²) in [7, 11) is 0. The third-order valence-electron chi connectivity index (χ3n) is 11.7. The van der Waals surface area contributed by atoms with Crippen LogP contribution in [0, 0.1) is 22.7 Å². The van der Waals surface area contributed by atoms with E-state index in [-0.39, 0.29) is 35.1 Å². The molecule has 4 aliphatic carbocycles. The summed E-state index contributed by atoms with van der Waals surface area (Å²) in [5, 5.41) is 0. The summed E-state index contributed by atoms with van der Waals surface area (Å²) in [6.45, 7) is 8.99. The molecule has 1 unspecified atom stereocenters. The van der Waals surface area contributed by atoms with Crippen molar-refractivity contribution >= 4 is 23.9 Å². The molecule has 0 heterocycles. The number of esters is 4. The number of rotatable bonds is 4. The Bertz CT molecular complexity index is 1530. The third-order valence-corrected chi connectivity index (χ3v) is 11.7. The van der Waals surface area contributed by atoms with Crippen molar-refractivity contribution in [3.8, 4) is 11.5 Å². The van der Waals surface area contributed by atoms with E-state index in [0.717, 1.165) is 62.5 Å². The molecule has 7 nitrogen and oxygen atoms in total. The van der Waals surface area contributed by atoms with Gasteiger partial charge in [-0.25, -0.2) is 0 Å². The van der Waals surface area contributed by atoms with Crippen molar-refractivity contribution in [1.82, 2.24) is 0 Å². The molecule has 0 radical (unpaired) electrons. The number of carbonyl (C=O) groups is 4. The molecular weight excluding hydrogens is 556 g/mol. The van der Waals surface area contributed by atoms with Crippen LogP contribution in [-0.2, 0) is 42.2 Å². The van der Waals surface area contributed by atoms with Crippen molar-refractivity contribution in [2.75, 3.05) is 0 Å². The lowest BCUT2D eigenvalue weighted by molar-refractivity contribution is -0.182. The Labute approximate surface area is 260 Å². The van der Waals surface area contributed by atoms with Crippen LogP contribution < -0.4 is 9.47 Å². The number of hydrogen-bond acceptors (Lipinski definition) is 7. The number of hydrogen-bond donors (Lipinski definition) is 0. The second kappa shape index (κ2) is 11.1. The van der Waals surface area contributed by atoms with Gasteiger partial charge in [0, 0.05) is 13.8 Å². The fourth-order valence-corrected chi connectivity index (χ4v) is 9.58. The molecule has 6 atom stereocenters. The van der Waals surface area contributed by atoms with Gasteiger partial charge in [-0.1, -0.05) is 31.9 Å². The van der Waals surface area contributed by atoms with E-state index in [1.54, 1.807) is 0 Å². The first-order chi connectivity index (χ1) is 20.8. The predicted octanol–water partition coefficient (Wildman–Crippen LogP) is 7.15. The highest BCUT2D eigenvalue weighted by Crippen LogP contribution is 2.59. The summed E-state index contributed by atoms with van der Waals surface area (Å²) in [5.74, 6) is -0.283. The summed E-state index contributed by atoms with van der Waals surface area (Å²) >= 11 is 0. The molecule has 2 aromatic rings. The van der Waals surface area contributed by atoms with Crippen LogP contribution in [0.5, 0.6) is 11.5 Å². The summed E-state index contributed by atoms with van der Waals surface area (Å²) in [6.07, 6.45) is 8.26. The van der Waals surface area contributed by atoms with Crippen molar-refractivity contribution in [3.05, 3.63) is 58.7 Å². The van der Waals surface area contributed by atoms with Gasteiger partial charge in [0.05, 0.1) is 10.8 Å². The van der Waals surface area contributed by atoms with Crippen molar-refractivity contribution in [2.24, 2.45) is 22.7 Å². The van der Waals surface area contributed by atoms with Gasteiger partial charge in [0.15, 0.2) is 0 Å². The quantitative estimate of drug-likeness (QED) is 0.209. The molecule has 7 heteroatoms. The van der Waals surface area contributed by atoms with Crippen LogP contribution in [0.25, 0.3) is 0 Å². The van der Waals surface area contributed by atoms with Crippen LogP contribution in [0.4, 0.5) is 0 Å².